The largest absolute Gasteiger partial charge is 0.494 e. The highest BCUT2D eigenvalue weighted by molar-refractivity contribution is 7.80. The molecule has 0 radical (unpaired) electrons. The molecule has 2 N–H and O–H groups in total. The van der Waals surface area contributed by atoms with E-state index in [0.717, 1.165) is 11.3 Å². The molecule has 1 amide bonds. The first-order chi connectivity index (χ1) is 15.0. The van der Waals surface area contributed by atoms with Gasteiger partial charge in [-0.2, -0.15) is 0 Å². The Morgan fingerprint density at radius 2 is 1.94 bits per heavy atom. The second-order valence-electron chi connectivity index (χ2n) is 6.58. The number of nitrogens with one attached hydrogen (secondary N) is 2. The molecule has 4 rings (SSSR count). The predicted molar refractivity (Wildman–Crippen MR) is 126 cm³/mol. The maximum absolute atomic E-state index is 12.4. The van der Waals surface area contributed by atoms with Gasteiger partial charge in [0.15, 0.2) is 10.7 Å². The van der Waals surface area contributed by atoms with Crippen molar-refractivity contribution in [2.75, 3.05) is 11.9 Å². The van der Waals surface area contributed by atoms with E-state index < -0.39 is 0 Å². The molecule has 0 aliphatic rings. The van der Waals surface area contributed by atoms with Gasteiger partial charge in [-0.1, -0.05) is 17.7 Å². The Kier molecular flexibility index (Phi) is 6.16. The van der Waals surface area contributed by atoms with E-state index >= 15 is 0 Å². The van der Waals surface area contributed by atoms with E-state index in [-0.39, 0.29) is 11.0 Å². The molecule has 8 heteroatoms. The number of anilines is 1. The molecule has 0 atom stereocenters. The average Bonchev–Trinajstić information content (AvgIpc) is 3.18. The number of hydrogen-bond donors (Lipinski definition) is 2. The molecule has 0 fully saturated rings. The van der Waals surface area contributed by atoms with E-state index in [1.54, 1.807) is 42.5 Å². The minimum absolute atomic E-state index is 0.191. The zero-order valence-corrected chi connectivity index (χ0v) is 18.1. The monoisotopic (exact) mass is 451 g/mol. The van der Waals surface area contributed by atoms with Crippen molar-refractivity contribution in [3.8, 4) is 17.2 Å². The molecular weight excluding hydrogens is 434 g/mol. The minimum atomic E-state index is -0.319. The Morgan fingerprint density at radius 1 is 1.13 bits per heavy atom. The number of carbonyl (C=O) groups excluding carboxylic acids is 1. The van der Waals surface area contributed by atoms with Crippen LogP contribution in [-0.4, -0.2) is 22.6 Å². The highest BCUT2D eigenvalue weighted by atomic mass is 35.5. The minimum Gasteiger partial charge on any atom is -0.494 e. The van der Waals surface area contributed by atoms with Crippen molar-refractivity contribution in [1.82, 2.24) is 10.3 Å². The molecule has 0 unspecified atom stereocenters. The summed E-state index contributed by atoms with van der Waals surface area (Å²) in [6.07, 6.45) is 0. The third kappa shape index (κ3) is 5.02. The van der Waals surface area contributed by atoms with Crippen LogP contribution in [-0.2, 0) is 0 Å². The second kappa shape index (κ2) is 9.16. The van der Waals surface area contributed by atoms with Gasteiger partial charge < -0.3 is 14.5 Å². The quantitative estimate of drug-likeness (QED) is 0.380. The van der Waals surface area contributed by atoms with Crippen molar-refractivity contribution in [3.63, 3.8) is 0 Å². The maximum atomic E-state index is 12.4. The van der Waals surface area contributed by atoms with Crippen LogP contribution in [0.25, 0.3) is 22.6 Å². The number of halogens is 1. The molecular formula is C23H18ClN3O3S. The van der Waals surface area contributed by atoms with Crippen molar-refractivity contribution in [1.29, 1.82) is 0 Å². The maximum Gasteiger partial charge on any atom is 0.257 e. The number of rotatable bonds is 5. The molecule has 1 aromatic heterocycles. The fraction of sp³-hybridized carbons (Fsp3) is 0.0870. The van der Waals surface area contributed by atoms with E-state index in [4.69, 9.17) is 33.0 Å². The fourth-order valence-corrected chi connectivity index (χ4v) is 3.33. The van der Waals surface area contributed by atoms with Crippen LogP contribution < -0.4 is 15.4 Å². The normalized spacial score (nSPS) is 10.6. The lowest BCUT2D eigenvalue weighted by Gasteiger charge is -2.10. The summed E-state index contributed by atoms with van der Waals surface area (Å²) in [6, 6.07) is 19.6. The number of oxazole rings is 1. The molecule has 6 nitrogen and oxygen atoms in total. The van der Waals surface area contributed by atoms with Crippen LogP contribution in [0.5, 0.6) is 5.75 Å². The molecule has 0 spiro atoms. The summed E-state index contributed by atoms with van der Waals surface area (Å²) in [5, 5.41) is 6.46. The number of ether oxygens (including phenoxy) is 1. The first kappa shape index (κ1) is 20.8. The van der Waals surface area contributed by atoms with Crippen molar-refractivity contribution in [2.45, 2.75) is 6.92 Å². The molecule has 0 saturated heterocycles. The van der Waals surface area contributed by atoms with Crippen LogP contribution >= 0.6 is 23.8 Å². The Labute approximate surface area is 189 Å². The molecule has 0 bridgehead atoms. The lowest BCUT2D eigenvalue weighted by Crippen LogP contribution is -2.34. The summed E-state index contributed by atoms with van der Waals surface area (Å²) in [6.45, 7) is 2.41. The number of amides is 1. The highest BCUT2D eigenvalue weighted by Crippen LogP contribution is 2.27. The van der Waals surface area contributed by atoms with E-state index in [2.05, 4.69) is 15.6 Å². The lowest BCUT2D eigenvalue weighted by molar-refractivity contribution is 0.0977. The summed E-state index contributed by atoms with van der Waals surface area (Å²) >= 11 is 11.3. The standard InChI is InChI=1S/C23H18ClN3O3S/c1-2-29-18-5-3-4-15(12-18)21(28)27-23(31)25-17-9-6-14(7-10-17)22-26-19-13-16(24)8-11-20(19)30-22/h3-13H,2H2,1H3,(H2,25,27,28,31). The predicted octanol–water partition coefficient (Wildman–Crippen LogP) is 5.67. The molecule has 31 heavy (non-hydrogen) atoms. The van der Waals surface area contributed by atoms with Gasteiger partial charge in [0.1, 0.15) is 11.3 Å². The van der Waals surface area contributed by atoms with E-state index in [1.165, 1.54) is 0 Å². The number of carbonyl (C=O) groups is 1. The second-order valence-corrected chi connectivity index (χ2v) is 7.42. The molecule has 3 aromatic carbocycles. The fourth-order valence-electron chi connectivity index (χ4n) is 2.95. The molecule has 0 saturated carbocycles. The molecule has 1 heterocycles. The zero-order chi connectivity index (χ0) is 21.8. The van der Waals surface area contributed by atoms with Crippen LogP contribution in [0.15, 0.2) is 71.1 Å². The van der Waals surface area contributed by atoms with Crippen LogP contribution in [0.3, 0.4) is 0 Å². The average molecular weight is 452 g/mol. The van der Waals surface area contributed by atoms with E-state index in [1.807, 2.05) is 31.2 Å². The number of thiocarbonyl (C=S) groups is 1. The molecule has 4 aromatic rings. The van der Waals surface area contributed by atoms with Crippen LogP contribution in [0.2, 0.25) is 5.02 Å². The van der Waals surface area contributed by atoms with Crippen molar-refractivity contribution in [3.05, 3.63) is 77.3 Å². The van der Waals surface area contributed by atoms with Gasteiger partial charge in [-0.15, -0.1) is 0 Å². The first-order valence-electron chi connectivity index (χ1n) is 9.53. The number of nitrogens with zero attached hydrogens (tertiary/aromatic N) is 1. The third-order valence-corrected chi connectivity index (χ3v) is 4.81. The van der Waals surface area contributed by atoms with Gasteiger partial charge in [0.2, 0.25) is 5.89 Å². The van der Waals surface area contributed by atoms with Crippen LogP contribution in [0.4, 0.5) is 5.69 Å². The van der Waals surface area contributed by atoms with E-state index in [9.17, 15) is 4.79 Å². The van der Waals surface area contributed by atoms with E-state index in [0.29, 0.717) is 39.9 Å². The highest BCUT2D eigenvalue weighted by Gasteiger charge is 2.11. The van der Waals surface area contributed by atoms with Crippen LogP contribution in [0, 0.1) is 0 Å². The lowest BCUT2D eigenvalue weighted by atomic mass is 10.2. The number of aromatic nitrogens is 1. The van der Waals surface area contributed by atoms with Gasteiger partial charge in [-0.25, -0.2) is 4.98 Å². The Balaban J connectivity index is 1.40. The van der Waals surface area contributed by atoms with Gasteiger partial charge in [0.25, 0.3) is 5.91 Å². The van der Waals surface area contributed by atoms with Crippen molar-refractivity contribution in [2.24, 2.45) is 0 Å². The Bertz CT molecular complexity index is 1250. The third-order valence-electron chi connectivity index (χ3n) is 4.37. The summed E-state index contributed by atoms with van der Waals surface area (Å²) in [4.78, 5) is 16.9. The molecule has 0 aliphatic heterocycles. The first-order valence-corrected chi connectivity index (χ1v) is 10.3. The summed E-state index contributed by atoms with van der Waals surface area (Å²) < 4.78 is 11.2. The smallest absolute Gasteiger partial charge is 0.257 e. The van der Waals surface area contributed by atoms with Gasteiger partial charge in [-0.3, -0.25) is 10.1 Å². The number of benzene rings is 3. The van der Waals surface area contributed by atoms with Gasteiger partial charge >= 0.3 is 0 Å². The van der Waals surface area contributed by atoms with Crippen LogP contribution in [0.1, 0.15) is 17.3 Å². The topological polar surface area (TPSA) is 76.4 Å². The van der Waals surface area contributed by atoms with Crippen molar-refractivity contribution < 1.29 is 13.9 Å². The number of hydrogen-bond acceptors (Lipinski definition) is 5. The van der Waals surface area contributed by atoms with Gasteiger partial charge in [-0.05, 0) is 79.8 Å². The Morgan fingerprint density at radius 3 is 2.71 bits per heavy atom. The Hall–Kier alpha value is -3.42. The summed E-state index contributed by atoms with van der Waals surface area (Å²) in [5.41, 5.74) is 3.35. The number of fused-ring (bicyclic) bond motifs is 1. The molecule has 0 aliphatic carbocycles. The summed E-state index contributed by atoms with van der Waals surface area (Å²) in [7, 11) is 0. The van der Waals surface area contributed by atoms with Crippen molar-refractivity contribution >= 4 is 51.6 Å². The zero-order valence-electron chi connectivity index (χ0n) is 16.5. The molecule has 156 valence electrons. The van der Waals surface area contributed by atoms with Gasteiger partial charge in [0.05, 0.1) is 6.61 Å². The van der Waals surface area contributed by atoms with Gasteiger partial charge in [0, 0.05) is 21.8 Å². The SMILES string of the molecule is CCOc1cccc(C(=O)NC(=S)Nc2ccc(-c3nc4cc(Cl)ccc4o3)cc2)c1. The summed E-state index contributed by atoms with van der Waals surface area (Å²) in [5.74, 6) is 0.806.